The average molecular weight is 321 g/mol. The molecule has 0 fully saturated rings. The van der Waals surface area contributed by atoms with Crippen molar-refractivity contribution in [3.8, 4) is 0 Å². The highest BCUT2D eigenvalue weighted by atomic mass is 16.6. The van der Waals surface area contributed by atoms with Crippen molar-refractivity contribution in [1.82, 2.24) is 4.90 Å². The van der Waals surface area contributed by atoms with Gasteiger partial charge < -0.3 is 20.3 Å². The first-order valence-corrected chi connectivity index (χ1v) is 8.27. The summed E-state index contributed by atoms with van der Waals surface area (Å²) >= 11 is 0. The van der Waals surface area contributed by atoms with E-state index in [1.165, 1.54) is 5.69 Å². The van der Waals surface area contributed by atoms with Gasteiger partial charge in [0.2, 0.25) is 0 Å². The van der Waals surface area contributed by atoms with Crippen molar-refractivity contribution < 1.29 is 9.53 Å². The minimum Gasteiger partial charge on any atom is -0.444 e. The van der Waals surface area contributed by atoms with Crippen LogP contribution in [0.4, 0.5) is 16.2 Å². The summed E-state index contributed by atoms with van der Waals surface area (Å²) in [7, 11) is 1.78. The number of anilines is 2. The molecule has 0 aromatic heterocycles. The van der Waals surface area contributed by atoms with E-state index in [0.29, 0.717) is 6.54 Å². The lowest BCUT2D eigenvalue weighted by Gasteiger charge is -2.27. The highest BCUT2D eigenvalue weighted by Crippen LogP contribution is 2.17. The molecule has 0 saturated carbocycles. The van der Waals surface area contributed by atoms with Crippen LogP contribution < -0.4 is 10.6 Å². The maximum atomic E-state index is 11.9. The van der Waals surface area contributed by atoms with Gasteiger partial charge in [0.15, 0.2) is 0 Å². The number of hydrogen-bond donors (Lipinski definition) is 1. The predicted molar refractivity (Wildman–Crippen MR) is 96.8 cm³/mol. The van der Waals surface area contributed by atoms with Crippen molar-refractivity contribution in [2.45, 2.75) is 46.1 Å². The summed E-state index contributed by atoms with van der Waals surface area (Å²) in [6.45, 7) is 10.3. The molecular weight excluding hydrogens is 290 g/mol. The molecule has 0 aliphatic carbocycles. The number of rotatable bonds is 7. The fourth-order valence-electron chi connectivity index (χ4n) is 2.25. The first kappa shape index (κ1) is 19.1. The lowest BCUT2D eigenvalue weighted by atomic mass is 10.2. The number of amides is 1. The van der Waals surface area contributed by atoms with Gasteiger partial charge in [-0.05, 0) is 57.9 Å². The Balaban J connectivity index is 2.49. The molecule has 2 N–H and O–H groups in total. The van der Waals surface area contributed by atoms with Gasteiger partial charge in [0.1, 0.15) is 5.60 Å². The van der Waals surface area contributed by atoms with E-state index in [4.69, 9.17) is 10.5 Å². The van der Waals surface area contributed by atoms with Crippen molar-refractivity contribution >= 4 is 17.5 Å². The summed E-state index contributed by atoms with van der Waals surface area (Å²) < 4.78 is 5.36. The van der Waals surface area contributed by atoms with Crippen LogP contribution in [0.25, 0.3) is 0 Å². The van der Waals surface area contributed by atoms with E-state index < -0.39 is 5.60 Å². The van der Waals surface area contributed by atoms with Crippen molar-refractivity contribution in [2.75, 3.05) is 37.3 Å². The van der Waals surface area contributed by atoms with Gasteiger partial charge in [-0.1, -0.05) is 6.92 Å². The predicted octanol–water partition coefficient (Wildman–Crippen LogP) is 3.74. The van der Waals surface area contributed by atoms with E-state index in [-0.39, 0.29) is 6.09 Å². The van der Waals surface area contributed by atoms with Crippen LogP contribution in [0.2, 0.25) is 0 Å². The zero-order valence-electron chi connectivity index (χ0n) is 15.1. The van der Waals surface area contributed by atoms with Gasteiger partial charge in [-0.2, -0.15) is 0 Å². The molecule has 0 atom stereocenters. The van der Waals surface area contributed by atoms with Crippen LogP contribution in [-0.2, 0) is 4.74 Å². The van der Waals surface area contributed by atoms with Gasteiger partial charge >= 0.3 is 6.09 Å². The first-order chi connectivity index (χ1) is 10.7. The van der Waals surface area contributed by atoms with E-state index >= 15 is 0 Å². The third-order valence-corrected chi connectivity index (χ3v) is 3.38. The zero-order valence-corrected chi connectivity index (χ0v) is 15.1. The van der Waals surface area contributed by atoms with Crippen molar-refractivity contribution in [2.24, 2.45) is 0 Å². The molecule has 0 spiro atoms. The summed E-state index contributed by atoms with van der Waals surface area (Å²) in [4.78, 5) is 15.9. The molecule has 0 bridgehead atoms. The number of carbonyl (C=O) groups is 1. The second-order valence-electron chi connectivity index (χ2n) is 6.83. The lowest BCUT2D eigenvalue weighted by Crippen LogP contribution is -2.36. The summed E-state index contributed by atoms with van der Waals surface area (Å²) in [5, 5.41) is 0. The summed E-state index contributed by atoms with van der Waals surface area (Å²) in [6.07, 6.45) is 1.69. The average Bonchev–Trinajstić information content (AvgIpc) is 2.45. The number of ether oxygens (including phenoxy) is 1. The van der Waals surface area contributed by atoms with Crippen LogP contribution in [0, 0.1) is 0 Å². The van der Waals surface area contributed by atoms with Crippen molar-refractivity contribution in [3.63, 3.8) is 0 Å². The molecule has 1 amide bonds. The zero-order chi connectivity index (χ0) is 17.5. The number of benzene rings is 1. The normalized spacial score (nSPS) is 11.2. The highest BCUT2D eigenvalue weighted by Gasteiger charge is 2.19. The second kappa shape index (κ2) is 8.65. The number of nitrogen functional groups attached to an aromatic ring is 1. The van der Waals surface area contributed by atoms with Gasteiger partial charge in [-0.3, -0.25) is 0 Å². The summed E-state index contributed by atoms with van der Waals surface area (Å²) in [5.41, 5.74) is 7.23. The Morgan fingerprint density at radius 1 is 1.13 bits per heavy atom. The van der Waals surface area contributed by atoms with Gasteiger partial charge in [0, 0.05) is 38.1 Å². The van der Waals surface area contributed by atoms with Crippen molar-refractivity contribution in [3.05, 3.63) is 24.3 Å². The third kappa shape index (κ3) is 7.26. The minimum absolute atomic E-state index is 0.271. The van der Waals surface area contributed by atoms with Crippen LogP contribution in [0.1, 0.15) is 40.5 Å². The Labute approximate surface area is 140 Å². The molecule has 0 aliphatic heterocycles. The molecule has 0 unspecified atom stereocenters. The van der Waals surface area contributed by atoms with E-state index in [0.717, 1.165) is 31.6 Å². The fourth-order valence-corrected chi connectivity index (χ4v) is 2.25. The first-order valence-electron chi connectivity index (χ1n) is 8.27. The SMILES string of the molecule is CCCN(CCCN(C)C(=O)OC(C)(C)C)c1ccc(N)cc1. The third-order valence-electron chi connectivity index (χ3n) is 3.38. The molecule has 0 aliphatic rings. The number of hydrogen-bond acceptors (Lipinski definition) is 4. The van der Waals surface area contributed by atoms with Crippen molar-refractivity contribution in [1.29, 1.82) is 0 Å². The molecule has 0 saturated heterocycles. The molecule has 5 nitrogen and oxygen atoms in total. The van der Waals surface area contributed by atoms with E-state index in [1.54, 1.807) is 11.9 Å². The van der Waals surface area contributed by atoms with E-state index in [9.17, 15) is 4.79 Å². The second-order valence-corrected chi connectivity index (χ2v) is 6.83. The molecule has 130 valence electrons. The van der Waals surface area contributed by atoms with Gasteiger partial charge in [-0.15, -0.1) is 0 Å². The summed E-state index contributed by atoms with van der Waals surface area (Å²) in [5.74, 6) is 0. The van der Waals surface area contributed by atoms with Crippen LogP contribution in [0.15, 0.2) is 24.3 Å². The Morgan fingerprint density at radius 3 is 2.26 bits per heavy atom. The van der Waals surface area contributed by atoms with Gasteiger partial charge in [0.05, 0.1) is 0 Å². The van der Waals surface area contributed by atoms with Crippen LogP contribution in [0.3, 0.4) is 0 Å². The topological polar surface area (TPSA) is 58.8 Å². The summed E-state index contributed by atoms with van der Waals surface area (Å²) in [6, 6.07) is 7.93. The Bertz CT molecular complexity index is 480. The Morgan fingerprint density at radius 2 is 1.74 bits per heavy atom. The maximum Gasteiger partial charge on any atom is 0.410 e. The molecular formula is C18H31N3O2. The molecule has 5 heteroatoms. The minimum atomic E-state index is -0.455. The Kier molecular flexibility index (Phi) is 7.20. The van der Waals surface area contributed by atoms with Gasteiger partial charge in [-0.25, -0.2) is 4.79 Å². The van der Waals surface area contributed by atoms with Crippen LogP contribution in [0.5, 0.6) is 0 Å². The standard InChI is InChI=1S/C18H31N3O2/c1-6-12-21(16-10-8-15(19)9-11-16)14-7-13-20(5)17(22)23-18(2,3)4/h8-11H,6-7,12-14,19H2,1-5H3. The maximum absolute atomic E-state index is 11.9. The van der Waals surface area contributed by atoms with Crippen LogP contribution >= 0.6 is 0 Å². The molecule has 1 aromatic rings. The highest BCUT2D eigenvalue weighted by molar-refractivity contribution is 5.67. The number of nitrogens with zero attached hydrogens (tertiary/aromatic N) is 2. The number of carbonyl (C=O) groups excluding carboxylic acids is 1. The molecule has 0 radical (unpaired) electrons. The fraction of sp³-hybridized carbons (Fsp3) is 0.611. The lowest BCUT2D eigenvalue weighted by molar-refractivity contribution is 0.0298. The number of nitrogens with two attached hydrogens (primary N) is 1. The molecule has 1 rings (SSSR count). The van der Waals surface area contributed by atoms with Crippen LogP contribution in [-0.4, -0.2) is 43.3 Å². The Hall–Kier alpha value is -1.91. The molecule has 1 aromatic carbocycles. The van der Waals surface area contributed by atoms with E-state index in [1.807, 2.05) is 45.0 Å². The molecule has 0 heterocycles. The largest absolute Gasteiger partial charge is 0.444 e. The smallest absolute Gasteiger partial charge is 0.410 e. The van der Waals surface area contributed by atoms with Gasteiger partial charge in [0.25, 0.3) is 0 Å². The monoisotopic (exact) mass is 321 g/mol. The van der Waals surface area contributed by atoms with E-state index in [2.05, 4.69) is 11.8 Å². The quantitative estimate of drug-likeness (QED) is 0.777. The molecule has 23 heavy (non-hydrogen) atoms.